The zero-order valence-corrected chi connectivity index (χ0v) is 19.4. The maximum absolute atomic E-state index is 11.8. The summed E-state index contributed by atoms with van der Waals surface area (Å²) in [5.74, 6) is -2.94. The quantitative estimate of drug-likeness (QED) is 0.419. The molecule has 186 valence electrons. The van der Waals surface area contributed by atoms with E-state index in [1.54, 1.807) is 18.2 Å². The summed E-state index contributed by atoms with van der Waals surface area (Å²) in [5, 5.41) is 2.60. The van der Waals surface area contributed by atoms with Gasteiger partial charge in [0.05, 0.1) is 0 Å². The van der Waals surface area contributed by atoms with Crippen molar-refractivity contribution in [1.29, 1.82) is 0 Å². The van der Waals surface area contributed by atoms with Crippen LogP contribution in [0.2, 0.25) is 0 Å². The number of esters is 4. The van der Waals surface area contributed by atoms with Crippen molar-refractivity contribution in [1.82, 2.24) is 0 Å². The fourth-order valence-electron chi connectivity index (χ4n) is 3.27. The minimum Gasteiger partial charge on any atom is -0.463 e. The highest BCUT2D eigenvalue weighted by Crippen LogP contribution is 2.31. The summed E-state index contributed by atoms with van der Waals surface area (Å²) >= 11 is 0. The molecule has 0 spiro atoms. The average Bonchev–Trinajstić information content (AvgIpc) is 2.69. The van der Waals surface area contributed by atoms with E-state index in [4.69, 9.17) is 28.4 Å². The molecular formula is C22H27NO11. The number of benzene rings is 1. The Balaban J connectivity index is 2.45. The first-order chi connectivity index (χ1) is 16.0. The normalized spacial score (nSPS) is 23.7. The van der Waals surface area contributed by atoms with Crippen LogP contribution >= 0.6 is 0 Å². The van der Waals surface area contributed by atoms with Crippen LogP contribution in [0.3, 0.4) is 0 Å². The Labute approximate surface area is 195 Å². The second-order valence-electron chi connectivity index (χ2n) is 7.39. The molecule has 0 aromatic heterocycles. The van der Waals surface area contributed by atoms with Gasteiger partial charge in [0.2, 0.25) is 18.3 Å². The molecule has 2 rings (SSSR count). The Kier molecular flexibility index (Phi) is 9.36. The lowest BCUT2D eigenvalue weighted by Crippen LogP contribution is -2.63. The van der Waals surface area contributed by atoms with E-state index in [1.165, 1.54) is 19.9 Å². The molecule has 1 aromatic rings. The van der Waals surface area contributed by atoms with Gasteiger partial charge in [-0.15, -0.1) is 0 Å². The van der Waals surface area contributed by atoms with Crippen molar-refractivity contribution in [2.75, 3.05) is 11.9 Å². The third kappa shape index (κ3) is 8.03. The molecule has 1 fully saturated rings. The molecule has 34 heavy (non-hydrogen) atoms. The van der Waals surface area contributed by atoms with E-state index in [-0.39, 0.29) is 18.3 Å². The van der Waals surface area contributed by atoms with Crippen LogP contribution in [0.1, 0.15) is 34.6 Å². The molecule has 1 heterocycles. The summed E-state index contributed by atoms with van der Waals surface area (Å²) < 4.78 is 32.7. The number of nitrogens with one attached hydrogen (secondary N) is 1. The van der Waals surface area contributed by atoms with E-state index in [0.29, 0.717) is 5.69 Å². The smallest absolute Gasteiger partial charge is 0.303 e. The molecule has 5 atom stereocenters. The molecule has 1 N–H and O–H groups in total. The van der Waals surface area contributed by atoms with Crippen LogP contribution in [-0.2, 0) is 47.7 Å². The van der Waals surface area contributed by atoms with Gasteiger partial charge in [-0.05, 0) is 12.1 Å². The highest BCUT2D eigenvalue weighted by atomic mass is 16.7. The number of hydrogen-bond acceptors (Lipinski definition) is 11. The lowest BCUT2D eigenvalue weighted by atomic mass is 9.98. The number of amides is 1. The third-order valence-electron chi connectivity index (χ3n) is 4.35. The zero-order valence-electron chi connectivity index (χ0n) is 19.4. The summed E-state index contributed by atoms with van der Waals surface area (Å²) in [5.41, 5.74) is 0.427. The molecule has 0 radical (unpaired) electrons. The Morgan fingerprint density at radius 1 is 0.824 bits per heavy atom. The SMILES string of the molecule is CC(=O)Nc1cccc(O[C@H]2O[C@H](COC(C)=O)[C@@H](OC(C)=O)[C@H](OC(C)=O)[C@@H]2OC(C)=O)c1. The van der Waals surface area contributed by atoms with Crippen LogP contribution in [0.25, 0.3) is 0 Å². The minimum absolute atomic E-state index is 0.215. The van der Waals surface area contributed by atoms with Gasteiger partial charge in [-0.3, -0.25) is 24.0 Å². The molecule has 1 aliphatic rings. The first-order valence-electron chi connectivity index (χ1n) is 10.3. The molecule has 0 bridgehead atoms. The van der Waals surface area contributed by atoms with E-state index in [1.807, 2.05) is 0 Å². The predicted octanol–water partition coefficient (Wildman–Crippen LogP) is 1.11. The van der Waals surface area contributed by atoms with Crippen LogP contribution in [0.5, 0.6) is 5.75 Å². The van der Waals surface area contributed by atoms with Crippen LogP contribution < -0.4 is 10.1 Å². The number of carbonyl (C=O) groups is 5. The van der Waals surface area contributed by atoms with Gasteiger partial charge < -0.3 is 33.7 Å². The van der Waals surface area contributed by atoms with Crippen LogP contribution in [-0.4, -0.2) is 67.1 Å². The number of hydrogen-bond donors (Lipinski definition) is 1. The number of carbonyl (C=O) groups excluding carboxylic acids is 5. The molecule has 0 aliphatic carbocycles. The summed E-state index contributed by atoms with van der Waals surface area (Å²) in [6.07, 6.45) is -6.48. The molecule has 1 aromatic carbocycles. The molecule has 12 heteroatoms. The van der Waals surface area contributed by atoms with Crippen molar-refractivity contribution in [2.24, 2.45) is 0 Å². The number of rotatable bonds is 8. The summed E-state index contributed by atoms with van der Waals surface area (Å²) in [6.45, 7) is 5.53. The lowest BCUT2D eigenvalue weighted by Gasteiger charge is -2.43. The van der Waals surface area contributed by atoms with Gasteiger partial charge in [0.1, 0.15) is 18.5 Å². The maximum atomic E-state index is 11.8. The molecule has 1 saturated heterocycles. The maximum Gasteiger partial charge on any atom is 0.303 e. The fraction of sp³-hybridized carbons (Fsp3) is 0.500. The molecule has 1 aliphatic heterocycles. The van der Waals surface area contributed by atoms with Crippen molar-refractivity contribution in [2.45, 2.75) is 65.3 Å². The number of ether oxygens (including phenoxy) is 6. The van der Waals surface area contributed by atoms with Gasteiger partial charge in [0.25, 0.3) is 0 Å². The van der Waals surface area contributed by atoms with Gasteiger partial charge in [0.15, 0.2) is 12.2 Å². The highest BCUT2D eigenvalue weighted by molar-refractivity contribution is 5.88. The van der Waals surface area contributed by atoms with Gasteiger partial charge in [0, 0.05) is 46.4 Å². The number of anilines is 1. The van der Waals surface area contributed by atoms with Crippen LogP contribution in [0.15, 0.2) is 24.3 Å². The van der Waals surface area contributed by atoms with E-state index >= 15 is 0 Å². The Bertz CT molecular complexity index is 931. The first-order valence-corrected chi connectivity index (χ1v) is 10.3. The van der Waals surface area contributed by atoms with E-state index in [2.05, 4.69) is 5.32 Å². The lowest BCUT2D eigenvalue weighted by molar-refractivity contribution is -0.288. The summed E-state index contributed by atoms with van der Waals surface area (Å²) in [7, 11) is 0. The molecule has 0 unspecified atom stereocenters. The van der Waals surface area contributed by atoms with Crippen molar-refractivity contribution in [3.63, 3.8) is 0 Å². The second-order valence-corrected chi connectivity index (χ2v) is 7.39. The van der Waals surface area contributed by atoms with Crippen LogP contribution in [0.4, 0.5) is 5.69 Å². The summed E-state index contributed by atoms with van der Waals surface area (Å²) in [4.78, 5) is 58.2. The second kappa shape index (κ2) is 12.0. The highest BCUT2D eigenvalue weighted by Gasteiger charge is 2.53. The third-order valence-corrected chi connectivity index (χ3v) is 4.35. The summed E-state index contributed by atoms with van der Waals surface area (Å²) in [6, 6.07) is 6.28. The Hall–Kier alpha value is -3.67. The Morgan fingerprint density at radius 3 is 1.97 bits per heavy atom. The largest absolute Gasteiger partial charge is 0.463 e. The van der Waals surface area contributed by atoms with Gasteiger partial charge in [-0.25, -0.2) is 0 Å². The fourth-order valence-corrected chi connectivity index (χ4v) is 3.27. The molecule has 0 saturated carbocycles. The van der Waals surface area contributed by atoms with Crippen molar-refractivity contribution >= 4 is 35.5 Å². The van der Waals surface area contributed by atoms with Crippen molar-refractivity contribution in [3.8, 4) is 5.75 Å². The molecule has 12 nitrogen and oxygen atoms in total. The Morgan fingerprint density at radius 2 is 1.41 bits per heavy atom. The van der Waals surface area contributed by atoms with Crippen LogP contribution in [0, 0.1) is 0 Å². The van der Waals surface area contributed by atoms with Gasteiger partial charge in [-0.1, -0.05) is 6.07 Å². The van der Waals surface area contributed by atoms with Crippen molar-refractivity contribution in [3.05, 3.63) is 24.3 Å². The minimum atomic E-state index is -1.37. The standard InChI is InChI=1S/C22H27NO11/c1-11(24)23-16-7-6-8-17(9-16)33-22-21(32-15(5)28)20(31-14(4)27)19(30-13(3)26)18(34-22)10-29-12(2)25/h6-9,18-22H,10H2,1-5H3,(H,23,24)/t18-,19-,20+,21+,22+/m1/s1. The van der Waals surface area contributed by atoms with E-state index in [0.717, 1.165) is 20.8 Å². The first kappa shape index (κ1) is 26.6. The van der Waals surface area contributed by atoms with E-state index in [9.17, 15) is 24.0 Å². The van der Waals surface area contributed by atoms with Crippen molar-refractivity contribution < 1.29 is 52.4 Å². The van der Waals surface area contributed by atoms with Gasteiger partial charge >= 0.3 is 23.9 Å². The van der Waals surface area contributed by atoms with E-state index < -0.39 is 54.6 Å². The topological polar surface area (TPSA) is 153 Å². The molecule has 1 amide bonds. The predicted molar refractivity (Wildman–Crippen MR) is 113 cm³/mol. The monoisotopic (exact) mass is 481 g/mol. The zero-order chi connectivity index (χ0) is 25.4. The average molecular weight is 481 g/mol. The molecular weight excluding hydrogens is 454 g/mol. The van der Waals surface area contributed by atoms with Gasteiger partial charge in [-0.2, -0.15) is 0 Å².